The third-order valence-corrected chi connectivity index (χ3v) is 37.6. The summed E-state index contributed by atoms with van der Waals surface area (Å²) in [6.07, 6.45) is 24.2. The first-order chi connectivity index (χ1) is 67.8. The van der Waals surface area contributed by atoms with Crippen molar-refractivity contribution < 1.29 is 22.7 Å². The highest BCUT2D eigenvalue weighted by molar-refractivity contribution is 7.88. The highest BCUT2D eigenvalue weighted by Crippen LogP contribution is 2.44. The molecule has 17 saturated heterocycles. The van der Waals surface area contributed by atoms with Gasteiger partial charge in [0.05, 0.1) is 12.9 Å². The van der Waals surface area contributed by atoms with Gasteiger partial charge in [-0.25, -0.2) is 12.7 Å². The second-order valence-corrected chi connectivity index (χ2v) is 61.0. The van der Waals surface area contributed by atoms with Gasteiger partial charge in [-0.05, 0) is 411 Å². The quantitative estimate of drug-likeness (QED) is 0.220. The molecule has 0 spiro atoms. The number of fused-ring (bicyclic) bond motifs is 14. The summed E-state index contributed by atoms with van der Waals surface area (Å²) < 4.78 is 29.5. The van der Waals surface area contributed by atoms with Gasteiger partial charge in [-0.15, -0.1) is 0 Å². The Morgan fingerprint density at radius 3 is 1.08 bits per heavy atom. The number of hydrogen-bond donors (Lipinski definition) is 1. The summed E-state index contributed by atoms with van der Waals surface area (Å²) in [5.41, 5.74) is 3.51. The van der Waals surface area contributed by atoms with Gasteiger partial charge in [0.2, 0.25) is 21.8 Å². The molecule has 2 amide bonds. The molecule has 1 aliphatic carbocycles. The Bertz CT molecular complexity index is 3900. The maximum absolute atomic E-state index is 11.7. The summed E-state index contributed by atoms with van der Waals surface area (Å²) >= 11 is 0. The van der Waals surface area contributed by atoms with Crippen LogP contribution in [0, 0.1) is 5.92 Å². The van der Waals surface area contributed by atoms with Crippen LogP contribution in [0.5, 0.6) is 0 Å². The molecule has 14 unspecified atom stereocenters. The van der Waals surface area contributed by atoms with E-state index < -0.39 is 10.0 Å². The van der Waals surface area contributed by atoms with Gasteiger partial charge < -0.3 is 34.6 Å². The number of piperazine rings is 6. The van der Waals surface area contributed by atoms with E-state index >= 15 is 0 Å². The van der Waals surface area contributed by atoms with Crippen molar-refractivity contribution in [1.82, 2.24) is 103 Å². The lowest BCUT2D eigenvalue weighted by atomic mass is 10.0. The lowest BCUT2D eigenvalue weighted by Gasteiger charge is -2.47. The standard InChI is InChI=1S/C12H24N2O.C12H22N2O.C12H24N2.C12H26N2.2C11H22N2.C11H24N2.C10H22N2O2S.C10H20N2.C10H19N.C9H18N2O.2CH4/c1-12(2,3)14-9-10-7-11(14)8-13(10)5-6-15-4;1-5-11(15)13-7-10-6-9(13)8-14(10)12(2,3)4;1-5-6-13-8-11-7-10(13)9-14(11)12(2,3)4;1-5-7-13-8-6-9-14(11-10-13)12(2,3)4;1-11(2,3)13-7-9-5-6-10(8-13)12(9)4;1-11(2,3)13-9-5-6-10(13)8-12(4)7-9;1-5-12-7-6-8-13(10-9-12)11(2,3)4;1-10(2,3)11-6-5-7-12(9-8-11)15(4,13)14;1-10(2,3)12-7-8-5-9(12)6-11(8)4;1-10(2,3)11-7-8-4-5-9(11)6-8;1-9(2,3)11-6-4-8(12)10-5-7-11;;/h10-11H,5-9H2,1-4H3;9-10H,5-8H2,1-4H3;10-11H,5-9H2,1-4H3;5-11H2,1-4H3;2*9-10H,5-8H2,1-4H3;5-10H2,1-4H3;5-9H2,1-4H3;8-9H,5-7H2,1-4H3;8-9H,4-7H2,1-3H3;4-7H2,1-3H3,(H,10,12);2*1H4. The van der Waals surface area contributed by atoms with E-state index in [1.54, 1.807) is 11.4 Å². The van der Waals surface area contributed by atoms with Crippen molar-refractivity contribution in [3.8, 4) is 0 Å². The van der Waals surface area contributed by atoms with Gasteiger partial charge in [0.25, 0.3) is 0 Å². The zero-order valence-electron chi connectivity index (χ0n) is 105. The van der Waals surface area contributed by atoms with Gasteiger partial charge in [0, 0.05) is 316 Å². The monoisotopic (exact) mass is 2120 g/mol. The first-order valence-electron chi connectivity index (χ1n) is 60.2. The Hall–Kier alpha value is -1.91. The molecule has 0 aromatic heterocycles. The van der Waals surface area contributed by atoms with Gasteiger partial charge in [0.15, 0.2) is 0 Å². The minimum absolute atomic E-state index is 0. The highest BCUT2D eigenvalue weighted by atomic mass is 32.2. The number of nitrogens with one attached hydrogen (secondary N) is 1. The van der Waals surface area contributed by atoms with Crippen LogP contribution >= 0.6 is 0 Å². The normalized spacial score (nSPS) is 30.2. The number of carbonyl (C=O) groups is 2. The predicted octanol–water partition coefficient (Wildman–Crippen LogP) is 17.8. The smallest absolute Gasteiger partial charge is 0.222 e. The van der Waals surface area contributed by atoms with Crippen molar-refractivity contribution >= 4 is 21.8 Å². The molecular weight excluding hydrogens is 1870 g/mol. The summed E-state index contributed by atoms with van der Waals surface area (Å²) in [6, 6.07) is 10.3. The van der Waals surface area contributed by atoms with Crippen molar-refractivity contribution in [3.63, 3.8) is 0 Å². The molecule has 14 atom stereocenters. The third-order valence-electron chi connectivity index (χ3n) is 36.3. The van der Waals surface area contributed by atoms with Gasteiger partial charge in [-0.2, -0.15) is 0 Å². The maximum Gasteiger partial charge on any atom is 0.222 e. The molecule has 17 aliphatic heterocycles. The molecule has 26 nitrogen and oxygen atoms in total. The van der Waals surface area contributed by atoms with Gasteiger partial charge in [-0.1, -0.05) is 42.5 Å². The van der Waals surface area contributed by atoms with Crippen LogP contribution in [-0.2, 0) is 24.3 Å². The molecule has 18 rings (SSSR count). The van der Waals surface area contributed by atoms with Crippen LogP contribution in [0.25, 0.3) is 0 Å². The number of ether oxygens (including phenoxy) is 1. The number of sulfonamides is 1. The minimum Gasteiger partial charge on any atom is -0.383 e. The van der Waals surface area contributed by atoms with Crippen LogP contribution in [0.3, 0.4) is 0 Å². The molecule has 1 saturated carbocycles. The van der Waals surface area contributed by atoms with Crippen molar-refractivity contribution in [3.05, 3.63) is 0 Å². The minimum atomic E-state index is -3.01. The molecule has 0 aromatic rings. The van der Waals surface area contributed by atoms with Crippen LogP contribution in [0.15, 0.2) is 0 Å². The Morgan fingerprint density at radius 1 is 0.342 bits per heavy atom. The number of methoxy groups -OCH3 is 1. The lowest BCUT2D eigenvalue weighted by Crippen LogP contribution is -2.58. The van der Waals surface area contributed by atoms with Crippen molar-refractivity contribution in [2.24, 2.45) is 5.92 Å². The summed E-state index contributed by atoms with van der Waals surface area (Å²) in [5, 5.41) is 2.87. The topological polar surface area (TPSA) is 154 Å². The number of likely N-dealkylation sites (tertiary alicyclic amines) is 11. The van der Waals surface area contributed by atoms with Gasteiger partial charge in [0.1, 0.15) is 0 Å². The molecule has 17 heterocycles. The Balaban J connectivity index is 0.000000250. The third kappa shape index (κ3) is 41.3. The van der Waals surface area contributed by atoms with E-state index in [4.69, 9.17) is 4.74 Å². The van der Waals surface area contributed by atoms with E-state index in [9.17, 15) is 18.0 Å². The summed E-state index contributed by atoms with van der Waals surface area (Å²) in [6.45, 7) is 122. The van der Waals surface area contributed by atoms with Crippen LogP contribution < -0.4 is 5.32 Å². The average molecular weight is 2120 g/mol. The van der Waals surface area contributed by atoms with Crippen molar-refractivity contribution in [2.45, 2.75) is 526 Å². The number of rotatable bonds is 10. The fourth-order valence-corrected chi connectivity index (χ4v) is 28.8. The van der Waals surface area contributed by atoms with E-state index in [1.807, 2.05) is 6.92 Å². The van der Waals surface area contributed by atoms with Gasteiger partial charge >= 0.3 is 0 Å². The fraction of sp³-hybridized carbons (Fsp3) is 0.984. The van der Waals surface area contributed by atoms with E-state index in [0.29, 0.717) is 88.2 Å². The second kappa shape index (κ2) is 57.6. The van der Waals surface area contributed by atoms with E-state index in [0.717, 1.165) is 138 Å². The molecule has 0 radical (unpaired) electrons. The summed E-state index contributed by atoms with van der Waals surface area (Å²) in [5.74, 6) is 1.55. The first kappa shape index (κ1) is 136. The average Bonchev–Trinajstić information content (AvgIpc) is 1.63. The van der Waals surface area contributed by atoms with Gasteiger partial charge in [-0.3, -0.25) is 78.2 Å². The van der Waals surface area contributed by atoms with Crippen molar-refractivity contribution in [1.29, 1.82) is 0 Å². The number of piperidine rings is 1. The first-order valence-corrected chi connectivity index (χ1v) is 62.0. The Labute approximate surface area is 924 Å². The second-order valence-electron chi connectivity index (χ2n) is 59.0. The predicted molar refractivity (Wildman–Crippen MR) is 639 cm³/mol. The zero-order chi connectivity index (χ0) is 110. The molecule has 0 aromatic carbocycles. The zero-order valence-corrected chi connectivity index (χ0v) is 105. The largest absolute Gasteiger partial charge is 0.383 e. The molecule has 149 heavy (non-hydrogen) atoms. The molecule has 14 bridgehead atoms. The lowest BCUT2D eigenvalue weighted by molar-refractivity contribution is -0.133. The fourth-order valence-electron chi connectivity index (χ4n) is 28.0. The molecule has 880 valence electrons. The molecular formula is C122H251N21O5S. The SMILES string of the molecule is C.C.CC(C)(C)N1CC2CCC1C2.CC(C)(C)N1CCCN(S(C)(=O)=O)CC1.CC(C)(C)N1CCNC(=O)CC1.CCC(=O)N1CC2CC1CN2C(C)(C)C.CCCN1CC2CC1CN2C(C)(C)C.CCCN1CCCN(C(C)(C)C)CC1.CCN1CCCN(C(C)(C)C)CC1.CN1C2CCC1CN(C(C)(C)C)C2.CN1CC2CC1CN2C(C)(C)C.CN1CC2CCC(C1)N2C(C)(C)C.COCCN1CC2CC1CN2C(C)(C)C. The number of hydrogen-bond acceptors (Lipinski definition) is 23. The summed E-state index contributed by atoms with van der Waals surface area (Å²) in [4.78, 5) is 71.4. The molecule has 27 heteroatoms. The van der Waals surface area contributed by atoms with Crippen LogP contribution in [0.1, 0.15) is 387 Å². The van der Waals surface area contributed by atoms with Crippen molar-refractivity contribution in [2.75, 3.05) is 251 Å². The number of nitrogens with zero attached hydrogens (tertiary/aromatic N) is 20. The number of carbonyl (C=O) groups excluding carboxylic acids is 2. The Morgan fingerprint density at radius 2 is 0.725 bits per heavy atom. The summed E-state index contributed by atoms with van der Waals surface area (Å²) in [7, 11) is 5.58. The maximum atomic E-state index is 11.7. The van der Waals surface area contributed by atoms with E-state index in [2.05, 4.69) is 369 Å². The van der Waals surface area contributed by atoms with Crippen LogP contribution in [0.4, 0.5) is 0 Å². The highest BCUT2D eigenvalue weighted by Gasteiger charge is 2.53. The van der Waals surface area contributed by atoms with Crippen LogP contribution in [-0.4, -0.2) is 508 Å². The molecule has 18 fully saturated rings. The number of likely N-dealkylation sites (N-methyl/N-ethyl adjacent to an activating group) is 4. The van der Waals surface area contributed by atoms with E-state index in [1.165, 1.54) is 247 Å². The van der Waals surface area contributed by atoms with Crippen LogP contribution in [0.2, 0.25) is 0 Å². The Kier molecular flexibility index (Phi) is 52.5. The van der Waals surface area contributed by atoms with E-state index in [-0.39, 0.29) is 37.4 Å². The number of amides is 2. The molecule has 1 N–H and O–H groups in total. The molecule has 18 aliphatic rings.